The second kappa shape index (κ2) is 8.61. The average molecular weight is 308 g/mol. The van der Waals surface area contributed by atoms with Crippen LogP contribution in [0.2, 0.25) is 0 Å². The van der Waals surface area contributed by atoms with Crippen molar-refractivity contribution < 1.29 is 14.0 Å². The van der Waals surface area contributed by atoms with E-state index in [1.54, 1.807) is 17.9 Å². The number of nitrogens with zero attached hydrogens (tertiary/aromatic N) is 1. The fraction of sp³-hybridized carbons (Fsp3) is 0.647. The van der Waals surface area contributed by atoms with Gasteiger partial charge in [0, 0.05) is 25.6 Å². The highest BCUT2D eigenvalue weighted by molar-refractivity contribution is 5.95. The van der Waals surface area contributed by atoms with Gasteiger partial charge in [0.1, 0.15) is 11.5 Å². The molecule has 0 unspecified atom stereocenters. The van der Waals surface area contributed by atoms with Crippen LogP contribution in [-0.2, 0) is 4.79 Å². The van der Waals surface area contributed by atoms with Gasteiger partial charge in [0.15, 0.2) is 0 Å². The highest BCUT2D eigenvalue weighted by Crippen LogP contribution is 2.17. The first kappa shape index (κ1) is 18.3. The molecule has 0 aromatic carbocycles. The fourth-order valence-electron chi connectivity index (χ4n) is 2.31. The second-order valence-electron chi connectivity index (χ2n) is 5.87. The number of carbonyl (C=O) groups is 2. The topological polar surface area (TPSA) is 62.6 Å². The van der Waals surface area contributed by atoms with Gasteiger partial charge in [0.25, 0.3) is 5.91 Å². The van der Waals surface area contributed by atoms with Gasteiger partial charge in [-0.15, -0.1) is 0 Å². The van der Waals surface area contributed by atoms with E-state index in [9.17, 15) is 9.59 Å². The molecule has 0 aliphatic rings. The Balaban J connectivity index is 2.64. The van der Waals surface area contributed by atoms with Gasteiger partial charge in [0.2, 0.25) is 5.91 Å². The van der Waals surface area contributed by atoms with Crippen molar-refractivity contribution >= 4 is 11.8 Å². The molecule has 0 aliphatic heterocycles. The Morgan fingerprint density at radius 2 is 2.00 bits per heavy atom. The molecule has 0 spiro atoms. The van der Waals surface area contributed by atoms with Crippen LogP contribution in [0.25, 0.3) is 0 Å². The molecule has 124 valence electrons. The number of furan rings is 1. The number of nitrogens with one attached hydrogen (secondary N) is 1. The minimum absolute atomic E-state index is 0.00741. The fourth-order valence-corrected chi connectivity index (χ4v) is 2.31. The second-order valence-corrected chi connectivity index (χ2v) is 5.87. The Labute approximate surface area is 133 Å². The lowest BCUT2D eigenvalue weighted by molar-refractivity contribution is -0.121. The van der Waals surface area contributed by atoms with E-state index in [1.165, 1.54) is 0 Å². The summed E-state index contributed by atoms with van der Waals surface area (Å²) >= 11 is 0. The third kappa shape index (κ3) is 5.20. The molecule has 0 atom stereocenters. The Bertz CT molecular complexity index is 506. The zero-order valence-corrected chi connectivity index (χ0v) is 14.4. The summed E-state index contributed by atoms with van der Waals surface area (Å²) in [5.41, 5.74) is 0.581. The largest absolute Gasteiger partial charge is 0.466 e. The number of carbonyl (C=O) groups excluding carboxylic acids is 2. The van der Waals surface area contributed by atoms with Crippen LogP contribution in [0.5, 0.6) is 0 Å². The number of unbranched alkanes of at least 4 members (excludes halogenated alkanes) is 1. The lowest BCUT2D eigenvalue weighted by atomic mass is 10.1. The van der Waals surface area contributed by atoms with Crippen LogP contribution in [0.3, 0.4) is 0 Å². The van der Waals surface area contributed by atoms with E-state index in [1.807, 2.05) is 20.8 Å². The minimum Gasteiger partial charge on any atom is -0.466 e. The van der Waals surface area contributed by atoms with Crippen molar-refractivity contribution in [1.29, 1.82) is 0 Å². The number of rotatable bonds is 8. The Hall–Kier alpha value is -1.78. The summed E-state index contributed by atoms with van der Waals surface area (Å²) < 4.78 is 5.43. The number of aryl methyl sites for hydroxylation is 2. The Morgan fingerprint density at radius 3 is 2.50 bits per heavy atom. The van der Waals surface area contributed by atoms with E-state index in [-0.39, 0.29) is 17.9 Å². The van der Waals surface area contributed by atoms with Crippen molar-refractivity contribution in [3.8, 4) is 0 Å². The monoisotopic (exact) mass is 308 g/mol. The van der Waals surface area contributed by atoms with Gasteiger partial charge in [-0.1, -0.05) is 13.3 Å². The van der Waals surface area contributed by atoms with Crippen LogP contribution >= 0.6 is 0 Å². The lowest BCUT2D eigenvalue weighted by Crippen LogP contribution is -2.40. The molecule has 1 aromatic heterocycles. The summed E-state index contributed by atoms with van der Waals surface area (Å²) in [6.07, 6.45) is 2.35. The Morgan fingerprint density at radius 1 is 1.32 bits per heavy atom. The van der Waals surface area contributed by atoms with Crippen molar-refractivity contribution in [2.45, 2.75) is 59.9 Å². The number of amides is 2. The van der Waals surface area contributed by atoms with Gasteiger partial charge < -0.3 is 14.6 Å². The molecule has 0 radical (unpaired) electrons. The van der Waals surface area contributed by atoms with Gasteiger partial charge in [-0.2, -0.15) is 0 Å². The molecule has 1 rings (SSSR count). The van der Waals surface area contributed by atoms with Gasteiger partial charge in [0.05, 0.1) is 5.56 Å². The molecule has 22 heavy (non-hydrogen) atoms. The van der Waals surface area contributed by atoms with E-state index in [0.29, 0.717) is 30.8 Å². The Kier molecular flexibility index (Phi) is 7.15. The first-order chi connectivity index (χ1) is 10.4. The molecule has 0 bridgehead atoms. The molecule has 5 nitrogen and oxygen atoms in total. The summed E-state index contributed by atoms with van der Waals surface area (Å²) in [5.74, 6) is 1.26. The van der Waals surface area contributed by atoms with Crippen LogP contribution in [-0.4, -0.2) is 35.8 Å². The number of hydrogen-bond acceptors (Lipinski definition) is 3. The van der Waals surface area contributed by atoms with Crippen LogP contribution < -0.4 is 5.32 Å². The third-order valence-corrected chi connectivity index (χ3v) is 3.59. The summed E-state index contributed by atoms with van der Waals surface area (Å²) in [6, 6.07) is 1.79. The SMILES string of the molecule is CCCCNC(=O)CCN(C(=O)c1cc(C)oc1C)C(C)C. The zero-order valence-electron chi connectivity index (χ0n) is 14.4. The van der Waals surface area contributed by atoms with Crippen molar-refractivity contribution in [3.05, 3.63) is 23.2 Å². The molecule has 1 aromatic rings. The molecular formula is C17H28N2O3. The van der Waals surface area contributed by atoms with E-state index in [2.05, 4.69) is 12.2 Å². The normalized spacial score (nSPS) is 10.8. The van der Waals surface area contributed by atoms with Crippen LogP contribution in [0, 0.1) is 13.8 Å². The maximum Gasteiger partial charge on any atom is 0.257 e. The quantitative estimate of drug-likeness (QED) is 0.751. The standard InChI is InChI=1S/C17H28N2O3/c1-6-7-9-18-16(20)8-10-19(12(2)3)17(21)15-11-13(4)22-14(15)5/h11-12H,6-10H2,1-5H3,(H,18,20). The molecule has 1 N–H and O–H groups in total. The van der Waals surface area contributed by atoms with Crippen molar-refractivity contribution in [2.75, 3.05) is 13.1 Å². The van der Waals surface area contributed by atoms with Gasteiger partial charge >= 0.3 is 0 Å². The first-order valence-corrected chi connectivity index (χ1v) is 8.01. The summed E-state index contributed by atoms with van der Waals surface area (Å²) in [7, 11) is 0. The smallest absolute Gasteiger partial charge is 0.257 e. The van der Waals surface area contributed by atoms with Crippen LogP contribution in [0.1, 0.15) is 61.9 Å². The van der Waals surface area contributed by atoms with Crippen molar-refractivity contribution in [2.24, 2.45) is 0 Å². The molecule has 1 heterocycles. The highest BCUT2D eigenvalue weighted by atomic mass is 16.3. The average Bonchev–Trinajstić information content (AvgIpc) is 2.77. The van der Waals surface area contributed by atoms with Gasteiger partial charge in [-0.3, -0.25) is 9.59 Å². The predicted molar refractivity (Wildman–Crippen MR) is 86.9 cm³/mol. The maximum atomic E-state index is 12.6. The molecule has 5 heteroatoms. The lowest BCUT2D eigenvalue weighted by Gasteiger charge is -2.26. The zero-order chi connectivity index (χ0) is 16.7. The first-order valence-electron chi connectivity index (χ1n) is 8.01. The van der Waals surface area contributed by atoms with E-state index in [4.69, 9.17) is 4.42 Å². The van der Waals surface area contributed by atoms with Gasteiger partial charge in [-0.25, -0.2) is 0 Å². The molecule has 0 saturated heterocycles. The van der Waals surface area contributed by atoms with Crippen LogP contribution in [0.15, 0.2) is 10.5 Å². The maximum absolute atomic E-state index is 12.6. The third-order valence-electron chi connectivity index (χ3n) is 3.59. The molecule has 0 saturated carbocycles. The number of hydrogen-bond donors (Lipinski definition) is 1. The van der Waals surface area contributed by atoms with E-state index >= 15 is 0 Å². The summed E-state index contributed by atoms with van der Waals surface area (Å²) in [5, 5.41) is 2.88. The highest BCUT2D eigenvalue weighted by Gasteiger charge is 2.23. The molecule has 0 fully saturated rings. The predicted octanol–water partition coefficient (Wildman–Crippen LogP) is 3.05. The van der Waals surface area contributed by atoms with Gasteiger partial charge in [-0.05, 0) is 40.2 Å². The molecule has 2 amide bonds. The van der Waals surface area contributed by atoms with E-state index < -0.39 is 0 Å². The van der Waals surface area contributed by atoms with E-state index in [0.717, 1.165) is 18.6 Å². The van der Waals surface area contributed by atoms with Crippen molar-refractivity contribution in [1.82, 2.24) is 10.2 Å². The molecular weight excluding hydrogens is 280 g/mol. The van der Waals surface area contributed by atoms with Crippen molar-refractivity contribution in [3.63, 3.8) is 0 Å². The van der Waals surface area contributed by atoms with Crippen LogP contribution in [0.4, 0.5) is 0 Å². The summed E-state index contributed by atoms with van der Waals surface area (Å²) in [6.45, 7) is 10.7. The molecule has 0 aliphatic carbocycles. The summed E-state index contributed by atoms with van der Waals surface area (Å²) in [4.78, 5) is 26.2. The minimum atomic E-state index is -0.0780.